The van der Waals surface area contributed by atoms with Crippen LogP contribution in [0.5, 0.6) is 0 Å². The van der Waals surface area contributed by atoms with Crippen LogP contribution >= 0.6 is 23.2 Å². The number of nitriles is 1. The van der Waals surface area contributed by atoms with Crippen molar-refractivity contribution in [3.05, 3.63) is 45.7 Å². The molecular formula is C20H18Cl2N6O3S. The van der Waals surface area contributed by atoms with Crippen molar-refractivity contribution in [1.82, 2.24) is 24.0 Å². The Morgan fingerprint density at radius 3 is 2.72 bits per heavy atom. The predicted molar refractivity (Wildman–Crippen MR) is 119 cm³/mol. The number of imidazole rings is 1. The number of benzene rings is 1. The van der Waals surface area contributed by atoms with Gasteiger partial charge in [0.2, 0.25) is 11.7 Å². The third-order valence-electron chi connectivity index (χ3n) is 5.23. The smallest absolute Gasteiger partial charge is 0.262 e. The molecule has 166 valence electrons. The van der Waals surface area contributed by atoms with Gasteiger partial charge in [-0.3, -0.25) is 9.20 Å². The van der Waals surface area contributed by atoms with Gasteiger partial charge in [-0.15, -0.1) is 0 Å². The number of aryl methyl sites for hydroxylation is 1. The van der Waals surface area contributed by atoms with Crippen LogP contribution < -0.4 is 5.32 Å². The van der Waals surface area contributed by atoms with Crippen LogP contribution in [0.1, 0.15) is 24.6 Å². The van der Waals surface area contributed by atoms with E-state index in [1.54, 1.807) is 25.1 Å². The maximum atomic E-state index is 13.2. The Bertz CT molecular complexity index is 1400. The lowest BCUT2D eigenvalue weighted by Gasteiger charge is -2.15. The van der Waals surface area contributed by atoms with Gasteiger partial charge in [0.15, 0.2) is 5.03 Å². The normalized spacial score (nSPS) is 16.9. The Kier molecular flexibility index (Phi) is 5.85. The summed E-state index contributed by atoms with van der Waals surface area (Å²) in [6.07, 6.45) is 1.84. The van der Waals surface area contributed by atoms with E-state index in [1.165, 1.54) is 21.8 Å². The fourth-order valence-electron chi connectivity index (χ4n) is 3.78. The average Bonchev–Trinajstić information content (AvgIpc) is 3.34. The number of halogens is 2. The largest absolute Gasteiger partial charge is 0.352 e. The van der Waals surface area contributed by atoms with E-state index in [0.29, 0.717) is 33.4 Å². The molecule has 1 amide bonds. The number of fused-ring (bicyclic) bond motifs is 1. The Labute approximate surface area is 194 Å². The highest BCUT2D eigenvalue weighted by atomic mass is 35.5. The van der Waals surface area contributed by atoms with E-state index in [-0.39, 0.29) is 41.4 Å². The number of amides is 1. The standard InChI is InChI=1S/C20H18Cl2N6O3S/c1-11-16(8-23)19(15-4-3-13(21)7-17(15)22)28-10-18(26-20(28)24-11)32(30,31)27-6-5-14(9-27)25-12(2)29/h3-4,7,10,14H,5-6,9H2,1-2H3,(H,25,29). The molecule has 9 nitrogen and oxygen atoms in total. The zero-order valence-corrected chi connectivity index (χ0v) is 19.5. The highest BCUT2D eigenvalue weighted by Gasteiger charge is 2.35. The van der Waals surface area contributed by atoms with E-state index in [0.717, 1.165) is 0 Å². The Balaban J connectivity index is 1.85. The van der Waals surface area contributed by atoms with Crippen LogP contribution in [0.25, 0.3) is 17.0 Å². The minimum atomic E-state index is -3.94. The summed E-state index contributed by atoms with van der Waals surface area (Å²) >= 11 is 12.4. The van der Waals surface area contributed by atoms with Gasteiger partial charge < -0.3 is 5.32 Å². The number of sulfonamides is 1. The summed E-state index contributed by atoms with van der Waals surface area (Å²) < 4.78 is 29.2. The molecule has 1 saturated heterocycles. The molecule has 1 aliphatic rings. The molecule has 0 spiro atoms. The van der Waals surface area contributed by atoms with Gasteiger partial charge in [0, 0.05) is 36.6 Å². The van der Waals surface area contributed by atoms with Crippen molar-refractivity contribution < 1.29 is 13.2 Å². The van der Waals surface area contributed by atoms with Crippen LogP contribution in [0.2, 0.25) is 10.0 Å². The van der Waals surface area contributed by atoms with Crippen LogP contribution in [0.4, 0.5) is 0 Å². The SMILES string of the molecule is CC(=O)NC1CCN(S(=O)(=O)c2cn3c(-c4ccc(Cl)cc4Cl)c(C#N)c(C)nc3n2)C1. The minimum absolute atomic E-state index is 0.124. The quantitative estimate of drug-likeness (QED) is 0.597. The first-order chi connectivity index (χ1) is 15.1. The molecule has 1 aliphatic heterocycles. The molecule has 32 heavy (non-hydrogen) atoms. The lowest BCUT2D eigenvalue weighted by molar-refractivity contribution is -0.119. The van der Waals surface area contributed by atoms with Crippen LogP contribution in [-0.2, 0) is 14.8 Å². The second kappa shape index (κ2) is 8.33. The van der Waals surface area contributed by atoms with E-state index < -0.39 is 10.0 Å². The first-order valence-corrected chi connectivity index (χ1v) is 11.8. The summed E-state index contributed by atoms with van der Waals surface area (Å²) in [5, 5.41) is 13.0. The minimum Gasteiger partial charge on any atom is -0.352 e. The molecule has 1 unspecified atom stereocenters. The molecule has 1 N–H and O–H groups in total. The fraction of sp³-hybridized carbons (Fsp3) is 0.300. The van der Waals surface area contributed by atoms with Gasteiger partial charge in [0.05, 0.1) is 28.2 Å². The van der Waals surface area contributed by atoms with Crippen LogP contribution in [0, 0.1) is 18.3 Å². The van der Waals surface area contributed by atoms with Crippen molar-refractivity contribution in [3.63, 3.8) is 0 Å². The van der Waals surface area contributed by atoms with Gasteiger partial charge in [-0.1, -0.05) is 23.2 Å². The summed E-state index contributed by atoms with van der Waals surface area (Å²) in [5.41, 5.74) is 1.51. The molecule has 0 aliphatic carbocycles. The lowest BCUT2D eigenvalue weighted by Crippen LogP contribution is -2.37. The molecule has 1 aromatic carbocycles. The van der Waals surface area contributed by atoms with Gasteiger partial charge in [-0.2, -0.15) is 14.6 Å². The summed E-state index contributed by atoms with van der Waals surface area (Å²) in [7, 11) is -3.94. The van der Waals surface area contributed by atoms with Gasteiger partial charge >= 0.3 is 0 Å². The van der Waals surface area contributed by atoms with Gasteiger partial charge in [-0.25, -0.2) is 13.4 Å². The van der Waals surface area contributed by atoms with Gasteiger partial charge in [0.1, 0.15) is 6.07 Å². The Hall–Kier alpha value is -2.71. The zero-order valence-electron chi connectivity index (χ0n) is 17.1. The number of carbonyl (C=O) groups is 1. The molecule has 0 saturated carbocycles. The summed E-state index contributed by atoms with van der Waals surface area (Å²) in [4.78, 5) is 19.9. The number of aromatic nitrogens is 3. The third kappa shape index (κ3) is 3.93. The van der Waals surface area contributed by atoms with Crippen molar-refractivity contribution >= 4 is 44.9 Å². The number of hydrogen-bond acceptors (Lipinski definition) is 6. The second-order valence-corrected chi connectivity index (χ2v) is 10.2. The summed E-state index contributed by atoms with van der Waals surface area (Å²) in [6.45, 7) is 3.45. The van der Waals surface area contributed by atoms with E-state index >= 15 is 0 Å². The van der Waals surface area contributed by atoms with Crippen LogP contribution in [0.15, 0.2) is 29.4 Å². The van der Waals surface area contributed by atoms with Crippen molar-refractivity contribution in [3.8, 4) is 17.3 Å². The molecule has 2 aromatic heterocycles. The lowest BCUT2D eigenvalue weighted by atomic mass is 10.1. The van der Waals surface area contributed by atoms with E-state index in [9.17, 15) is 18.5 Å². The van der Waals surface area contributed by atoms with Crippen molar-refractivity contribution in [2.45, 2.75) is 31.3 Å². The topological polar surface area (TPSA) is 120 Å². The molecule has 4 rings (SSSR count). The number of rotatable bonds is 4. The molecular weight excluding hydrogens is 475 g/mol. The second-order valence-electron chi connectivity index (χ2n) is 7.46. The predicted octanol–water partition coefficient (Wildman–Crippen LogP) is 2.78. The van der Waals surface area contributed by atoms with E-state index in [1.807, 2.05) is 0 Å². The van der Waals surface area contributed by atoms with Gasteiger partial charge in [-0.05, 0) is 31.5 Å². The molecule has 3 aromatic rings. The number of carbonyl (C=O) groups excluding carboxylic acids is 1. The average molecular weight is 493 g/mol. The van der Waals surface area contributed by atoms with E-state index in [4.69, 9.17) is 23.2 Å². The van der Waals surface area contributed by atoms with Crippen molar-refractivity contribution in [2.24, 2.45) is 0 Å². The number of hydrogen-bond donors (Lipinski definition) is 1. The number of nitrogens with one attached hydrogen (secondary N) is 1. The van der Waals surface area contributed by atoms with Crippen molar-refractivity contribution in [2.75, 3.05) is 13.1 Å². The molecule has 12 heteroatoms. The highest BCUT2D eigenvalue weighted by Crippen LogP contribution is 2.34. The summed E-state index contributed by atoms with van der Waals surface area (Å²) in [6, 6.07) is 6.70. The first kappa shape index (κ1) is 22.5. The number of nitrogens with zero attached hydrogens (tertiary/aromatic N) is 5. The summed E-state index contributed by atoms with van der Waals surface area (Å²) in [5.74, 6) is -0.0890. The monoisotopic (exact) mass is 492 g/mol. The Morgan fingerprint density at radius 1 is 1.31 bits per heavy atom. The van der Waals surface area contributed by atoms with Crippen LogP contribution in [0.3, 0.4) is 0 Å². The maximum Gasteiger partial charge on any atom is 0.262 e. The van der Waals surface area contributed by atoms with E-state index in [2.05, 4.69) is 21.4 Å². The highest BCUT2D eigenvalue weighted by molar-refractivity contribution is 7.89. The molecule has 3 heterocycles. The molecule has 1 fully saturated rings. The fourth-order valence-corrected chi connectivity index (χ4v) is 5.70. The molecule has 1 atom stereocenters. The van der Waals surface area contributed by atoms with Crippen LogP contribution in [-0.4, -0.2) is 52.1 Å². The van der Waals surface area contributed by atoms with Crippen molar-refractivity contribution in [1.29, 1.82) is 5.26 Å². The van der Waals surface area contributed by atoms with Gasteiger partial charge in [0.25, 0.3) is 10.0 Å². The first-order valence-electron chi connectivity index (χ1n) is 9.64. The maximum absolute atomic E-state index is 13.2. The molecule has 0 radical (unpaired) electrons. The Morgan fingerprint density at radius 2 is 2.06 bits per heavy atom. The molecule has 0 bridgehead atoms. The zero-order chi connectivity index (χ0) is 23.2. The third-order valence-corrected chi connectivity index (χ3v) is 7.52.